The quantitative estimate of drug-likeness (QED) is 0.307. The molecule has 8 heavy (non-hydrogen) atoms. The molecular formula is C6H10MnN-. The second-order valence-electron chi connectivity index (χ2n) is 0.823. The molecule has 0 spiro atoms. The predicted molar refractivity (Wildman–Crippen MR) is 34.0 cm³/mol. The van der Waals surface area contributed by atoms with Crippen LogP contribution in [0.15, 0.2) is 6.58 Å². The van der Waals surface area contributed by atoms with Gasteiger partial charge in [0.05, 0.1) is 0 Å². The van der Waals surface area contributed by atoms with Gasteiger partial charge >= 0.3 is 35.4 Å². The first-order chi connectivity index (χ1) is 3.83. The third kappa shape index (κ3) is 42.4. The van der Waals surface area contributed by atoms with Crippen molar-refractivity contribution in [2.75, 3.05) is 0 Å². The van der Waals surface area contributed by atoms with Gasteiger partial charge in [-0.3, -0.25) is 0 Å². The van der Waals surface area contributed by atoms with Gasteiger partial charge in [0, 0.05) is 0 Å². The van der Waals surface area contributed by atoms with Gasteiger partial charge in [0.15, 0.2) is 0 Å². The van der Waals surface area contributed by atoms with Crippen LogP contribution >= 0.6 is 0 Å². The maximum atomic E-state index is 6.26. The van der Waals surface area contributed by atoms with Gasteiger partial charge in [-0.1, -0.05) is 6.92 Å². The van der Waals surface area contributed by atoms with E-state index in [0.29, 0.717) is 0 Å². The minimum Gasteiger partial charge on any atom is -0.344 e. The second-order valence-corrected chi connectivity index (χ2v) is 1.83. The Morgan fingerprint density at radius 2 is 2.25 bits per heavy atom. The SMILES string of the molecule is C=[C]=[Mn]=[C]=N.[CH2-]CC. The van der Waals surface area contributed by atoms with Crippen molar-refractivity contribution in [2.45, 2.75) is 13.3 Å². The molecular weight excluding hydrogens is 141 g/mol. The van der Waals surface area contributed by atoms with E-state index in [-0.39, 0.29) is 14.1 Å². The molecule has 0 atom stereocenters. The van der Waals surface area contributed by atoms with E-state index in [0.717, 1.165) is 6.42 Å². The van der Waals surface area contributed by atoms with Gasteiger partial charge in [0.2, 0.25) is 0 Å². The van der Waals surface area contributed by atoms with E-state index >= 15 is 0 Å². The molecule has 0 amide bonds. The molecule has 0 unspecified atom stereocenters. The first-order valence-electron chi connectivity index (χ1n) is 2.19. The molecule has 0 rings (SSSR count). The average molecular weight is 151 g/mol. The molecule has 0 aliphatic rings. The Labute approximate surface area is 56.2 Å². The largest absolute Gasteiger partial charge is 0.344 e. The first-order valence-corrected chi connectivity index (χ1v) is 3.37. The van der Waals surface area contributed by atoms with Crippen molar-refractivity contribution in [2.24, 2.45) is 0 Å². The Hall–Kier alpha value is -0.251. The molecule has 0 saturated carbocycles. The normalized spacial score (nSPS) is 4.75. The number of hydrogen-bond donors (Lipinski definition) is 1. The Kier molecular flexibility index (Phi) is 21.2. The summed E-state index contributed by atoms with van der Waals surface area (Å²) in [6.45, 7) is 8.76. The van der Waals surface area contributed by atoms with E-state index in [1.165, 1.54) is 0 Å². The maximum Gasteiger partial charge on any atom is -0.0927 e. The number of nitrogens with one attached hydrogen (secondary N) is 1. The number of rotatable bonds is 0. The fourth-order valence-electron chi connectivity index (χ4n) is 0.0334. The molecule has 47 valence electrons. The predicted octanol–water partition coefficient (Wildman–Crippen LogP) is 1.37. The van der Waals surface area contributed by atoms with E-state index in [2.05, 4.69) is 22.8 Å². The van der Waals surface area contributed by atoms with Crippen LogP contribution in [-0.2, 0) is 14.1 Å². The Bertz CT molecular complexity index is 111. The van der Waals surface area contributed by atoms with Gasteiger partial charge in [-0.05, 0) is 0 Å². The van der Waals surface area contributed by atoms with E-state index < -0.39 is 0 Å². The van der Waals surface area contributed by atoms with Crippen LogP contribution in [0.3, 0.4) is 0 Å². The second kappa shape index (κ2) is 15.9. The molecule has 0 bridgehead atoms. The molecule has 0 radical (unpaired) electrons. The van der Waals surface area contributed by atoms with Crippen molar-refractivity contribution in [3.8, 4) is 0 Å². The van der Waals surface area contributed by atoms with Gasteiger partial charge in [-0.15, -0.1) is 0 Å². The zero-order valence-electron chi connectivity index (χ0n) is 5.00. The molecule has 0 heterocycles. The molecule has 2 heteroatoms. The number of hydrogen-bond acceptors (Lipinski definition) is 1. The Balaban J connectivity index is 0. The van der Waals surface area contributed by atoms with E-state index in [4.69, 9.17) is 5.41 Å². The fourth-order valence-corrected chi connectivity index (χ4v) is 0.138. The summed E-state index contributed by atoms with van der Waals surface area (Å²) in [5, 5.41) is 6.26. The summed E-state index contributed by atoms with van der Waals surface area (Å²) in [7, 11) is 0. The van der Waals surface area contributed by atoms with Crippen LogP contribution in [0.5, 0.6) is 0 Å². The van der Waals surface area contributed by atoms with Crippen LogP contribution in [0.25, 0.3) is 0 Å². The minimum atomic E-state index is 0.229. The summed E-state index contributed by atoms with van der Waals surface area (Å²) in [4.78, 5) is 0. The summed E-state index contributed by atoms with van der Waals surface area (Å²) in [6, 6.07) is 0. The van der Waals surface area contributed by atoms with Crippen LogP contribution in [0.2, 0.25) is 0 Å². The summed E-state index contributed by atoms with van der Waals surface area (Å²) in [5.74, 6) is 0. The molecule has 1 nitrogen and oxygen atoms in total. The average Bonchev–Trinajstić information content (AvgIpc) is 1.71. The molecule has 0 saturated heterocycles. The van der Waals surface area contributed by atoms with Crippen molar-refractivity contribution in [3.63, 3.8) is 0 Å². The summed E-state index contributed by atoms with van der Waals surface area (Å²) >= 11 is 0.229. The zero-order chi connectivity index (χ0) is 6.83. The Morgan fingerprint density at radius 1 is 1.88 bits per heavy atom. The molecule has 0 aromatic rings. The molecule has 0 aromatic heterocycles. The first kappa shape index (κ1) is 10.7. The monoisotopic (exact) mass is 151 g/mol. The third-order valence-electron chi connectivity index (χ3n) is 0.114. The van der Waals surface area contributed by atoms with Crippen molar-refractivity contribution in [1.82, 2.24) is 0 Å². The topological polar surface area (TPSA) is 23.9 Å². The van der Waals surface area contributed by atoms with Crippen LogP contribution in [0, 0.1) is 12.3 Å². The van der Waals surface area contributed by atoms with E-state index in [1.54, 1.807) is 0 Å². The zero-order valence-corrected chi connectivity index (χ0v) is 6.18. The summed E-state index contributed by atoms with van der Waals surface area (Å²) in [6.07, 6.45) is 1.00. The van der Waals surface area contributed by atoms with Crippen molar-refractivity contribution in [1.29, 1.82) is 5.41 Å². The van der Waals surface area contributed by atoms with Crippen molar-refractivity contribution >= 4 is 9.29 Å². The molecule has 0 fully saturated rings. The van der Waals surface area contributed by atoms with E-state index in [1.807, 2.05) is 6.92 Å². The van der Waals surface area contributed by atoms with Gasteiger partial charge < -0.3 is 6.92 Å². The van der Waals surface area contributed by atoms with E-state index in [9.17, 15) is 0 Å². The van der Waals surface area contributed by atoms with Gasteiger partial charge in [0.1, 0.15) is 0 Å². The minimum absolute atomic E-state index is 0.229. The van der Waals surface area contributed by atoms with Crippen molar-refractivity contribution < 1.29 is 14.1 Å². The molecule has 0 aromatic carbocycles. The van der Waals surface area contributed by atoms with Gasteiger partial charge in [-0.25, -0.2) is 0 Å². The van der Waals surface area contributed by atoms with Crippen molar-refractivity contribution in [3.05, 3.63) is 13.5 Å². The summed E-state index contributed by atoms with van der Waals surface area (Å²) in [5.41, 5.74) is 0. The van der Waals surface area contributed by atoms with Gasteiger partial charge in [-0.2, -0.15) is 6.42 Å². The molecule has 1 N–H and O–H groups in total. The van der Waals surface area contributed by atoms with Crippen LogP contribution < -0.4 is 0 Å². The smallest absolute Gasteiger partial charge is 0.0927 e. The van der Waals surface area contributed by atoms with Gasteiger partial charge in [0.25, 0.3) is 0 Å². The maximum absolute atomic E-state index is 6.26. The molecule has 0 aliphatic carbocycles. The standard InChI is InChI=1S/C3H7.C2H2.CHN.Mn/c1-3-2;2*1-2;/h1,3H2,2H3;1H2;2H;/q-1;;;. The Morgan fingerprint density at radius 3 is 2.25 bits per heavy atom. The van der Waals surface area contributed by atoms with Crippen LogP contribution in [-0.4, -0.2) is 9.29 Å². The molecule has 0 aliphatic heterocycles. The summed E-state index contributed by atoms with van der Waals surface area (Å²) < 4.78 is 4.62. The fraction of sp³-hybridized carbons (Fsp3) is 0.333. The van der Waals surface area contributed by atoms with Crippen LogP contribution in [0.4, 0.5) is 0 Å². The third-order valence-corrected chi connectivity index (χ3v) is 0.470. The van der Waals surface area contributed by atoms with Crippen LogP contribution in [0.1, 0.15) is 13.3 Å².